The number of H-pyrrole nitrogens is 1. The molecule has 17 heavy (non-hydrogen) atoms. The highest BCUT2D eigenvalue weighted by molar-refractivity contribution is 5.57. The fourth-order valence-corrected chi connectivity index (χ4v) is 2.45. The first-order valence-corrected chi connectivity index (χ1v) is 6.21. The molecule has 0 amide bonds. The van der Waals surface area contributed by atoms with E-state index < -0.39 is 0 Å². The first-order valence-electron chi connectivity index (χ1n) is 6.21. The minimum Gasteiger partial charge on any atom is -0.357 e. The van der Waals surface area contributed by atoms with Crippen LogP contribution in [0, 0.1) is 0 Å². The third-order valence-corrected chi connectivity index (χ3v) is 3.46. The summed E-state index contributed by atoms with van der Waals surface area (Å²) in [5.74, 6) is 1.74. The van der Waals surface area contributed by atoms with Gasteiger partial charge >= 0.3 is 0 Å². The Morgan fingerprint density at radius 2 is 2.18 bits per heavy atom. The van der Waals surface area contributed by atoms with Crippen molar-refractivity contribution in [3.05, 3.63) is 30.5 Å². The lowest BCUT2D eigenvalue weighted by atomic mass is 9.98. The number of nitrogens with one attached hydrogen (secondary N) is 2. The Morgan fingerprint density at radius 3 is 2.88 bits per heavy atom. The van der Waals surface area contributed by atoms with Crippen LogP contribution in [0.4, 0.5) is 0 Å². The lowest BCUT2D eigenvalue weighted by molar-refractivity contribution is 0.447. The van der Waals surface area contributed by atoms with Crippen LogP contribution in [0.15, 0.2) is 24.7 Å². The fraction of sp³-hybridized carbons (Fsp3) is 0.462. The Morgan fingerprint density at radius 1 is 1.35 bits per heavy atom. The van der Waals surface area contributed by atoms with Gasteiger partial charge in [-0.2, -0.15) is 0 Å². The van der Waals surface area contributed by atoms with E-state index in [2.05, 4.69) is 38.3 Å². The summed E-state index contributed by atoms with van der Waals surface area (Å²) in [5, 5.41) is 3.38. The van der Waals surface area contributed by atoms with E-state index >= 15 is 0 Å². The highest BCUT2D eigenvalue weighted by atomic mass is 15.0. The van der Waals surface area contributed by atoms with Gasteiger partial charge in [-0.3, -0.25) is 0 Å². The van der Waals surface area contributed by atoms with Crippen molar-refractivity contribution in [1.82, 2.24) is 19.9 Å². The predicted molar refractivity (Wildman–Crippen MR) is 67.8 cm³/mol. The van der Waals surface area contributed by atoms with E-state index in [9.17, 15) is 0 Å². The molecular weight excluding hydrogens is 212 g/mol. The summed E-state index contributed by atoms with van der Waals surface area (Å²) >= 11 is 0. The molecule has 4 heteroatoms. The van der Waals surface area contributed by atoms with E-state index in [1.165, 1.54) is 18.4 Å². The maximum Gasteiger partial charge on any atom is 0.109 e. The van der Waals surface area contributed by atoms with Crippen LogP contribution in [-0.4, -0.2) is 27.6 Å². The largest absolute Gasteiger partial charge is 0.357 e. The van der Waals surface area contributed by atoms with Gasteiger partial charge in [-0.05, 0) is 32.0 Å². The van der Waals surface area contributed by atoms with E-state index in [0.717, 1.165) is 24.6 Å². The molecule has 0 unspecified atom stereocenters. The molecular formula is C13H18N4. The monoisotopic (exact) mass is 230 g/mol. The molecule has 2 aromatic rings. The Labute approximate surface area is 101 Å². The molecule has 2 aromatic heterocycles. The maximum atomic E-state index is 4.53. The van der Waals surface area contributed by atoms with Crippen LogP contribution in [0.2, 0.25) is 0 Å². The molecule has 1 aliphatic heterocycles. The minimum absolute atomic E-state index is 0.591. The second-order valence-corrected chi connectivity index (χ2v) is 4.77. The van der Waals surface area contributed by atoms with E-state index in [1.807, 2.05) is 13.2 Å². The molecule has 3 heterocycles. The quantitative estimate of drug-likeness (QED) is 0.827. The van der Waals surface area contributed by atoms with Gasteiger partial charge in [-0.15, -0.1) is 0 Å². The number of hydrogen-bond donors (Lipinski definition) is 2. The summed E-state index contributed by atoms with van der Waals surface area (Å²) in [4.78, 5) is 7.99. The van der Waals surface area contributed by atoms with E-state index in [-0.39, 0.29) is 0 Å². The van der Waals surface area contributed by atoms with Gasteiger partial charge in [0.05, 0.1) is 11.9 Å². The van der Waals surface area contributed by atoms with Crippen molar-refractivity contribution >= 4 is 0 Å². The Balaban J connectivity index is 1.82. The second kappa shape index (κ2) is 4.37. The number of piperidine rings is 1. The van der Waals surface area contributed by atoms with E-state index in [4.69, 9.17) is 0 Å². The second-order valence-electron chi connectivity index (χ2n) is 4.77. The molecule has 1 saturated heterocycles. The average molecular weight is 230 g/mol. The van der Waals surface area contributed by atoms with Gasteiger partial charge in [0, 0.05) is 30.9 Å². The van der Waals surface area contributed by atoms with Crippen molar-refractivity contribution in [2.45, 2.75) is 18.8 Å². The van der Waals surface area contributed by atoms with Gasteiger partial charge in [0.1, 0.15) is 5.82 Å². The summed E-state index contributed by atoms with van der Waals surface area (Å²) in [7, 11) is 2.04. The Bertz CT molecular complexity index is 491. The molecule has 2 N–H and O–H groups in total. The lowest BCUT2D eigenvalue weighted by Crippen LogP contribution is -2.27. The standard InChI is InChI=1S/C13H18N4/c1-17-7-4-11(9-17)12-8-15-13(16-12)10-2-5-14-6-3-10/h4,7-10,14H,2-3,5-6H2,1H3,(H,15,16). The minimum atomic E-state index is 0.591. The van der Waals surface area contributed by atoms with Crippen LogP contribution in [0.3, 0.4) is 0 Å². The van der Waals surface area contributed by atoms with Crippen LogP contribution >= 0.6 is 0 Å². The summed E-state index contributed by atoms with van der Waals surface area (Å²) in [5.41, 5.74) is 2.33. The number of rotatable bonds is 2. The first kappa shape index (κ1) is 10.6. The zero-order valence-corrected chi connectivity index (χ0v) is 10.1. The topological polar surface area (TPSA) is 45.6 Å². The number of nitrogens with zero attached hydrogens (tertiary/aromatic N) is 2. The predicted octanol–water partition coefficient (Wildman–Crippen LogP) is 1.88. The van der Waals surface area contributed by atoms with Crippen molar-refractivity contribution in [2.75, 3.05) is 13.1 Å². The van der Waals surface area contributed by atoms with Crippen molar-refractivity contribution in [1.29, 1.82) is 0 Å². The highest BCUT2D eigenvalue weighted by Crippen LogP contribution is 2.25. The Hall–Kier alpha value is -1.55. The number of hydrogen-bond acceptors (Lipinski definition) is 2. The molecule has 1 aliphatic rings. The van der Waals surface area contributed by atoms with Crippen molar-refractivity contribution in [3.63, 3.8) is 0 Å². The van der Waals surface area contributed by atoms with Gasteiger partial charge in [-0.25, -0.2) is 4.98 Å². The molecule has 4 nitrogen and oxygen atoms in total. The molecule has 0 aliphatic carbocycles. The van der Waals surface area contributed by atoms with Crippen molar-refractivity contribution < 1.29 is 0 Å². The highest BCUT2D eigenvalue weighted by Gasteiger charge is 2.18. The van der Waals surface area contributed by atoms with Gasteiger partial charge in [0.15, 0.2) is 0 Å². The van der Waals surface area contributed by atoms with Crippen LogP contribution in [0.25, 0.3) is 11.3 Å². The summed E-state index contributed by atoms with van der Waals surface area (Å²) in [6, 6.07) is 2.11. The summed E-state index contributed by atoms with van der Waals surface area (Å²) in [6.45, 7) is 2.21. The maximum absolute atomic E-state index is 4.53. The fourth-order valence-electron chi connectivity index (χ4n) is 2.45. The van der Waals surface area contributed by atoms with Gasteiger partial charge in [0.25, 0.3) is 0 Å². The summed E-state index contributed by atoms with van der Waals surface area (Å²) < 4.78 is 2.06. The van der Waals surface area contributed by atoms with Crippen LogP contribution in [0.5, 0.6) is 0 Å². The molecule has 3 rings (SSSR count). The molecule has 0 radical (unpaired) electrons. The number of imidazole rings is 1. The molecule has 90 valence electrons. The summed E-state index contributed by atoms with van der Waals surface area (Å²) in [6.07, 6.45) is 8.48. The number of aromatic amines is 1. The molecule has 0 bridgehead atoms. The number of aromatic nitrogens is 3. The van der Waals surface area contributed by atoms with Gasteiger partial charge in [0.2, 0.25) is 0 Å². The van der Waals surface area contributed by atoms with E-state index in [0.29, 0.717) is 5.92 Å². The molecule has 0 spiro atoms. The molecule has 1 fully saturated rings. The normalized spacial score (nSPS) is 17.5. The van der Waals surface area contributed by atoms with Crippen LogP contribution < -0.4 is 5.32 Å². The lowest BCUT2D eigenvalue weighted by Gasteiger charge is -2.20. The zero-order valence-electron chi connectivity index (χ0n) is 10.1. The zero-order chi connectivity index (χ0) is 11.7. The third kappa shape index (κ3) is 2.13. The molecule has 0 atom stereocenters. The van der Waals surface area contributed by atoms with Crippen molar-refractivity contribution in [2.24, 2.45) is 7.05 Å². The average Bonchev–Trinajstić information content (AvgIpc) is 2.98. The smallest absolute Gasteiger partial charge is 0.109 e. The Kier molecular flexibility index (Phi) is 2.73. The molecule has 0 saturated carbocycles. The number of aryl methyl sites for hydroxylation is 1. The van der Waals surface area contributed by atoms with Crippen LogP contribution in [-0.2, 0) is 7.05 Å². The molecule has 0 aromatic carbocycles. The van der Waals surface area contributed by atoms with Gasteiger partial charge in [-0.1, -0.05) is 0 Å². The van der Waals surface area contributed by atoms with Gasteiger partial charge < -0.3 is 14.9 Å². The SMILES string of the molecule is Cn1ccc(-c2cnc(C3CCNCC3)[nH]2)c1. The van der Waals surface area contributed by atoms with Crippen molar-refractivity contribution in [3.8, 4) is 11.3 Å². The van der Waals surface area contributed by atoms with Crippen LogP contribution in [0.1, 0.15) is 24.6 Å². The first-order chi connectivity index (χ1) is 8.33. The van der Waals surface area contributed by atoms with E-state index in [1.54, 1.807) is 0 Å². The third-order valence-electron chi connectivity index (χ3n) is 3.46.